The maximum Gasteiger partial charge on any atom is 0.374 e. The molecule has 0 saturated heterocycles. The van der Waals surface area contributed by atoms with E-state index in [4.69, 9.17) is 77.0 Å². The van der Waals surface area contributed by atoms with Gasteiger partial charge in [-0.25, -0.2) is 9.59 Å². The van der Waals surface area contributed by atoms with Crippen LogP contribution in [-0.4, -0.2) is 45.5 Å². The Bertz CT molecular complexity index is 2330. The van der Waals surface area contributed by atoms with Gasteiger partial charge in [0.05, 0.1) is 17.1 Å². The fourth-order valence-electron chi connectivity index (χ4n) is 4.65. The highest BCUT2D eigenvalue weighted by atomic mass is 35.5. The molecule has 12 nitrogen and oxygen atoms in total. The van der Waals surface area contributed by atoms with Crippen LogP contribution in [0, 0.1) is 11.9 Å². The van der Waals surface area contributed by atoms with Gasteiger partial charge in [-0.1, -0.05) is 123 Å². The third kappa shape index (κ3) is 9.59. The number of rotatable bonds is 12. The molecule has 0 aliphatic carbocycles. The molecule has 0 aliphatic rings. The Morgan fingerprint density at radius 3 is 1.58 bits per heavy atom. The maximum absolute atomic E-state index is 14.1. The van der Waals surface area contributed by atoms with Crippen molar-refractivity contribution >= 4 is 81.1 Å². The lowest BCUT2D eigenvalue weighted by molar-refractivity contribution is -0.151. The first kappa shape index (κ1) is 40.6. The molecule has 0 saturated carbocycles. The number of carbonyl (C=O) groups is 2. The molecule has 0 fully saturated rings. The van der Waals surface area contributed by atoms with Crippen molar-refractivity contribution in [2.75, 3.05) is 11.5 Å². The largest absolute Gasteiger partial charge is 0.461 e. The van der Waals surface area contributed by atoms with E-state index >= 15 is 0 Å². The minimum Gasteiger partial charge on any atom is -0.461 e. The number of pyridine rings is 2. The van der Waals surface area contributed by atoms with E-state index in [1.165, 1.54) is 13.8 Å². The van der Waals surface area contributed by atoms with Gasteiger partial charge in [0.1, 0.15) is 25.8 Å². The van der Waals surface area contributed by atoms with Gasteiger partial charge in [-0.2, -0.15) is 18.7 Å². The molecule has 5 rings (SSSR count). The van der Waals surface area contributed by atoms with Gasteiger partial charge in [-0.3, -0.25) is 0 Å². The minimum atomic E-state index is -1.33. The van der Waals surface area contributed by atoms with Crippen molar-refractivity contribution in [3.8, 4) is 22.9 Å². The molecule has 2 heterocycles. The second-order valence-electron chi connectivity index (χ2n) is 11.5. The molecule has 0 aliphatic heterocycles. The summed E-state index contributed by atoms with van der Waals surface area (Å²) in [7, 11) is 0. The molecule has 284 valence electrons. The average molecular weight is 832 g/mol. The third-order valence-corrected chi connectivity index (χ3v) is 9.07. The van der Waals surface area contributed by atoms with Crippen LogP contribution in [0.25, 0.3) is 11.1 Å². The summed E-state index contributed by atoms with van der Waals surface area (Å²) in [6.45, 7) is 4.30. The van der Waals surface area contributed by atoms with E-state index in [1.807, 2.05) is 30.3 Å². The summed E-state index contributed by atoms with van der Waals surface area (Å²) in [4.78, 5) is 43.0. The van der Waals surface area contributed by atoms with Crippen molar-refractivity contribution in [1.82, 2.24) is 9.97 Å². The number of carbonyl (C=O) groups excluding carboxylic acids is 2. The van der Waals surface area contributed by atoms with E-state index in [0.29, 0.717) is 28.1 Å². The first-order chi connectivity index (χ1) is 26.2. The predicted molar refractivity (Wildman–Crippen MR) is 206 cm³/mol. The van der Waals surface area contributed by atoms with Crippen LogP contribution in [0.1, 0.15) is 37.5 Å². The van der Waals surface area contributed by atoms with E-state index in [1.54, 1.807) is 55.5 Å². The summed E-state index contributed by atoms with van der Waals surface area (Å²) in [6.07, 6.45) is -2.63. The number of aromatic nitrogens is 2. The molecule has 5 aromatic rings. The van der Waals surface area contributed by atoms with E-state index in [0.717, 1.165) is 11.1 Å². The molecule has 0 bridgehead atoms. The normalized spacial score (nSPS) is 12.8. The summed E-state index contributed by atoms with van der Waals surface area (Å²) in [5.41, 5.74) is 14.7. The minimum absolute atomic E-state index is 0.266. The van der Waals surface area contributed by atoms with Crippen LogP contribution in [0.15, 0.2) is 89.2 Å². The lowest BCUT2D eigenvalue weighted by Gasteiger charge is -2.14. The van der Waals surface area contributed by atoms with Crippen LogP contribution in [-0.2, 0) is 19.3 Å². The van der Waals surface area contributed by atoms with E-state index in [-0.39, 0.29) is 21.4 Å². The second-order valence-corrected chi connectivity index (χ2v) is 13.0. The van der Waals surface area contributed by atoms with Crippen LogP contribution in [0.3, 0.4) is 0 Å². The summed E-state index contributed by atoms with van der Waals surface area (Å²) in [5, 5.41) is 6.62. The molecule has 2 aromatic heterocycles. The standard InChI is InChI=1S/C37H28Cl4F2N6O6/c1-17(48-54-36(50)18(2)52-34-27(40)29(44)25(38)32(42)46-34)21-11-7-12-22(15-21)23-13-8-14-24(16-23)31(20-9-5-4-6-10-20)49-55-37(51)19(3)53-35-28(41)30(45)26(39)33(43)47-35/h4-16,18-19H,1-3H3,(H2,44,46)(H2,45,47)/b48-17+,49-31-/t18-,19-/m1/s1. The van der Waals surface area contributed by atoms with Gasteiger partial charge in [0.25, 0.3) is 0 Å². The highest BCUT2D eigenvalue weighted by Gasteiger charge is 2.25. The number of halogens is 6. The monoisotopic (exact) mass is 830 g/mol. The van der Waals surface area contributed by atoms with Crippen molar-refractivity contribution in [2.45, 2.75) is 33.0 Å². The average Bonchev–Trinajstić information content (AvgIpc) is 3.19. The summed E-state index contributed by atoms with van der Waals surface area (Å²) < 4.78 is 38.8. The summed E-state index contributed by atoms with van der Waals surface area (Å²) in [6, 6.07) is 23.4. The van der Waals surface area contributed by atoms with Gasteiger partial charge in [-0.05, 0) is 49.6 Å². The van der Waals surface area contributed by atoms with E-state index in [2.05, 4.69) is 20.3 Å². The molecule has 0 spiro atoms. The Morgan fingerprint density at radius 2 is 1.07 bits per heavy atom. The quantitative estimate of drug-likeness (QED) is 0.0536. The number of oxime groups is 2. The molecular formula is C37H28Cl4F2N6O6. The lowest BCUT2D eigenvalue weighted by Crippen LogP contribution is -2.26. The molecule has 3 aromatic carbocycles. The van der Waals surface area contributed by atoms with Crippen molar-refractivity contribution in [3.05, 3.63) is 128 Å². The van der Waals surface area contributed by atoms with Gasteiger partial charge in [0.2, 0.25) is 23.7 Å². The third-order valence-electron chi connectivity index (χ3n) is 7.62. The van der Waals surface area contributed by atoms with Crippen molar-refractivity contribution in [3.63, 3.8) is 0 Å². The topological polar surface area (TPSA) is 174 Å². The summed E-state index contributed by atoms with van der Waals surface area (Å²) in [5.74, 6) is -4.99. The predicted octanol–water partition coefficient (Wildman–Crippen LogP) is 8.70. The number of nitrogens with two attached hydrogens (primary N) is 2. The zero-order valence-electron chi connectivity index (χ0n) is 28.8. The van der Waals surface area contributed by atoms with E-state index in [9.17, 15) is 18.4 Å². The SMILES string of the molecule is C/C(=N\OC(=O)[C@@H](C)Oc1nc(F)c(Cl)c(N)c1Cl)c1cccc(-c2cccc(/C(=N\OC(=O)[C@@H](C)Oc3nc(F)c(Cl)c(N)c3Cl)c3ccccc3)c2)c1. The fourth-order valence-corrected chi connectivity index (χ4v) is 5.38. The summed E-state index contributed by atoms with van der Waals surface area (Å²) >= 11 is 23.6. The van der Waals surface area contributed by atoms with Crippen LogP contribution < -0.4 is 20.9 Å². The fraction of sp³-hybridized carbons (Fsp3) is 0.135. The van der Waals surface area contributed by atoms with Gasteiger partial charge in [0.15, 0.2) is 12.2 Å². The van der Waals surface area contributed by atoms with Gasteiger partial charge >= 0.3 is 11.9 Å². The maximum atomic E-state index is 14.1. The second kappa shape index (κ2) is 17.7. The zero-order chi connectivity index (χ0) is 40.0. The van der Waals surface area contributed by atoms with Crippen LogP contribution in [0.2, 0.25) is 20.1 Å². The Hall–Kier alpha value is -5.54. The Balaban J connectivity index is 1.33. The molecule has 0 amide bonds. The highest BCUT2D eigenvalue weighted by molar-refractivity contribution is 6.40. The molecule has 18 heteroatoms. The number of ether oxygens (including phenoxy) is 2. The molecule has 55 heavy (non-hydrogen) atoms. The van der Waals surface area contributed by atoms with Crippen molar-refractivity contribution < 1.29 is 37.5 Å². The highest BCUT2D eigenvalue weighted by Crippen LogP contribution is 2.37. The molecule has 0 unspecified atom stereocenters. The number of anilines is 2. The number of nitrogen functional groups attached to an aromatic ring is 2. The Kier molecular flexibility index (Phi) is 13.1. The number of nitrogens with zero attached hydrogens (tertiary/aromatic N) is 4. The lowest BCUT2D eigenvalue weighted by atomic mass is 9.96. The molecule has 0 radical (unpaired) electrons. The smallest absolute Gasteiger partial charge is 0.374 e. The van der Waals surface area contributed by atoms with Gasteiger partial charge < -0.3 is 30.6 Å². The van der Waals surface area contributed by atoms with Gasteiger partial charge in [-0.15, -0.1) is 0 Å². The number of benzene rings is 3. The van der Waals surface area contributed by atoms with Gasteiger partial charge in [0, 0.05) is 11.1 Å². The molecule has 4 N–H and O–H groups in total. The van der Waals surface area contributed by atoms with Crippen molar-refractivity contribution in [1.29, 1.82) is 0 Å². The first-order valence-electron chi connectivity index (χ1n) is 15.9. The Labute approximate surface area is 332 Å². The molecule has 2 atom stereocenters. The first-order valence-corrected chi connectivity index (χ1v) is 17.4. The molecular weight excluding hydrogens is 804 g/mol. The zero-order valence-corrected chi connectivity index (χ0v) is 31.8. The number of hydrogen-bond donors (Lipinski definition) is 2. The van der Waals surface area contributed by atoms with Crippen LogP contribution in [0.5, 0.6) is 11.8 Å². The Morgan fingerprint density at radius 1 is 0.636 bits per heavy atom. The van der Waals surface area contributed by atoms with E-state index < -0.39 is 57.8 Å². The van der Waals surface area contributed by atoms with Crippen molar-refractivity contribution in [2.24, 2.45) is 10.3 Å². The van der Waals surface area contributed by atoms with Crippen LogP contribution in [0.4, 0.5) is 20.2 Å². The number of hydrogen-bond acceptors (Lipinski definition) is 12. The van der Waals surface area contributed by atoms with Crippen LogP contribution >= 0.6 is 46.4 Å².